The lowest BCUT2D eigenvalue weighted by Gasteiger charge is -2.49. The SMILES string of the molecule is CCC(C)N1C(=O)c2ccccc2NC1(C)c1ccc([N+](=O)[O-])cc1. The fourth-order valence-corrected chi connectivity index (χ4v) is 3.38. The summed E-state index contributed by atoms with van der Waals surface area (Å²) >= 11 is 0. The molecule has 1 N–H and O–H groups in total. The summed E-state index contributed by atoms with van der Waals surface area (Å²) in [6.07, 6.45) is 0.804. The molecule has 0 saturated carbocycles. The van der Waals surface area contributed by atoms with Crippen molar-refractivity contribution >= 4 is 17.3 Å². The number of para-hydroxylation sites is 1. The average Bonchev–Trinajstić information content (AvgIpc) is 2.61. The molecule has 1 aliphatic heterocycles. The first-order valence-electron chi connectivity index (χ1n) is 8.34. The summed E-state index contributed by atoms with van der Waals surface area (Å²) in [6.45, 7) is 5.99. The second kappa shape index (κ2) is 6.20. The monoisotopic (exact) mass is 339 g/mol. The molecular weight excluding hydrogens is 318 g/mol. The van der Waals surface area contributed by atoms with Crippen molar-refractivity contribution < 1.29 is 9.72 Å². The van der Waals surface area contributed by atoms with Gasteiger partial charge in [-0.25, -0.2) is 0 Å². The van der Waals surface area contributed by atoms with Gasteiger partial charge in [0.05, 0.1) is 10.5 Å². The van der Waals surface area contributed by atoms with E-state index in [0.717, 1.165) is 17.7 Å². The number of carbonyl (C=O) groups excluding carboxylic acids is 1. The van der Waals surface area contributed by atoms with Crippen LogP contribution in [0.15, 0.2) is 48.5 Å². The molecule has 6 nitrogen and oxygen atoms in total. The molecule has 0 aromatic heterocycles. The van der Waals surface area contributed by atoms with Crippen LogP contribution in [0.2, 0.25) is 0 Å². The molecule has 1 amide bonds. The molecule has 6 heteroatoms. The van der Waals surface area contributed by atoms with Crippen LogP contribution in [0.3, 0.4) is 0 Å². The van der Waals surface area contributed by atoms with Crippen molar-refractivity contribution in [2.24, 2.45) is 0 Å². The molecule has 0 radical (unpaired) electrons. The normalized spacial score (nSPS) is 20.6. The predicted octanol–water partition coefficient (Wildman–Crippen LogP) is 4.13. The molecule has 25 heavy (non-hydrogen) atoms. The Kier molecular flexibility index (Phi) is 4.20. The summed E-state index contributed by atoms with van der Waals surface area (Å²) in [5.74, 6) is -0.0375. The Balaban J connectivity index is 2.13. The van der Waals surface area contributed by atoms with Crippen molar-refractivity contribution in [2.75, 3.05) is 5.32 Å². The molecule has 2 atom stereocenters. The maximum atomic E-state index is 13.2. The van der Waals surface area contributed by atoms with Crippen molar-refractivity contribution in [1.82, 2.24) is 4.90 Å². The quantitative estimate of drug-likeness (QED) is 0.671. The summed E-state index contributed by atoms with van der Waals surface area (Å²) in [6, 6.07) is 13.8. The van der Waals surface area contributed by atoms with E-state index in [2.05, 4.69) is 5.32 Å². The molecule has 0 spiro atoms. The van der Waals surface area contributed by atoms with E-state index >= 15 is 0 Å². The molecule has 130 valence electrons. The maximum absolute atomic E-state index is 13.2. The number of non-ortho nitro benzene ring substituents is 1. The van der Waals surface area contributed by atoms with Crippen LogP contribution in [0.25, 0.3) is 0 Å². The summed E-state index contributed by atoms with van der Waals surface area (Å²) in [4.78, 5) is 25.5. The summed E-state index contributed by atoms with van der Waals surface area (Å²) in [5, 5.41) is 14.4. The van der Waals surface area contributed by atoms with Crippen molar-refractivity contribution in [3.63, 3.8) is 0 Å². The van der Waals surface area contributed by atoms with E-state index in [1.165, 1.54) is 12.1 Å². The van der Waals surface area contributed by atoms with Crippen LogP contribution in [-0.4, -0.2) is 21.8 Å². The Labute approximate surface area is 146 Å². The minimum atomic E-state index is -0.782. The highest BCUT2D eigenvalue weighted by Gasteiger charge is 2.44. The average molecular weight is 339 g/mol. The lowest BCUT2D eigenvalue weighted by atomic mass is 9.91. The van der Waals surface area contributed by atoms with Crippen molar-refractivity contribution in [2.45, 2.75) is 38.9 Å². The lowest BCUT2D eigenvalue weighted by molar-refractivity contribution is -0.384. The third kappa shape index (κ3) is 2.73. The van der Waals surface area contributed by atoms with E-state index in [9.17, 15) is 14.9 Å². The third-order valence-corrected chi connectivity index (χ3v) is 4.91. The molecule has 0 saturated heterocycles. The van der Waals surface area contributed by atoms with E-state index < -0.39 is 10.6 Å². The van der Waals surface area contributed by atoms with Crippen LogP contribution in [-0.2, 0) is 5.66 Å². The Bertz CT molecular complexity index is 819. The number of nitrogens with zero attached hydrogens (tertiary/aromatic N) is 2. The highest BCUT2D eigenvalue weighted by Crippen LogP contribution is 2.39. The molecule has 0 fully saturated rings. The first kappa shape index (κ1) is 17.0. The lowest BCUT2D eigenvalue weighted by Crippen LogP contribution is -2.58. The molecule has 1 heterocycles. The molecule has 3 rings (SSSR count). The van der Waals surface area contributed by atoms with Gasteiger partial charge in [0.2, 0.25) is 0 Å². The van der Waals surface area contributed by atoms with E-state index in [0.29, 0.717) is 5.56 Å². The van der Waals surface area contributed by atoms with Gasteiger partial charge in [0.15, 0.2) is 0 Å². The largest absolute Gasteiger partial charge is 0.358 e. The van der Waals surface area contributed by atoms with Crippen LogP contribution in [0, 0.1) is 10.1 Å². The van der Waals surface area contributed by atoms with Gasteiger partial charge < -0.3 is 10.2 Å². The first-order valence-corrected chi connectivity index (χ1v) is 8.34. The van der Waals surface area contributed by atoms with Crippen LogP contribution < -0.4 is 5.32 Å². The zero-order chi connectivity index (χ0) is 18.2. The number of fused-ring (bicyclic) bond motifs is 1. The van der Waals surface area contributed by atoms with Gasteiger partial charge >= 0.3 is 0 Å². The molecule has 0 aliphatic carbocycles. The van der Waals surface area contributed by atoms with E-state index in [-0.39, 0.29) is 17.6 Å². The van der Waals surface area contributed by atoms with Crippen LogP contribution in [0.4, 0.5) is 11.4 Å². The van der Waals surface area contributed by atoms with Crippen molar-refractivity contribution in [1.29, 1.82) is 0 Å². The summed E-state index contributed by atoms with van der Waals surface area (Å²) < 4.78 is 0. The predicted molar refractivity (Wildman–Crippen MR) is 96.4 cm³/mol. The van der Waals surface area contributed by atoms with Crippen LogP contribution in [0.5, 0.6) is 0 Å². The number of carbonyl (C=O) groups is 1. The fourth-order valence-electron chi connectivity index (χ4n) is 3.38. The van der Waals surface area contributed by atoms with Crippen LogP contribution in [0.1, 0.15) is 43.1 Å². The van der Waals surface area contributed by atoms with Gasteiger partial charge in [-0.05, 0) is 50.1 Å². The number of nitro groups is 1. The molecule has 2 unspecified atom stereocenters. The van der Waals surface area contributed by atoms with Crippen molar-refractivity contribution in [3.8, 4) is 0 Å². The Morgan fingerprint density at radius 3 is 2.44 bits per heavy atom. The Hall–Kier alpha value is -2.89. The number of benzene rings is 2. The highest BCUT2D eigenvalue weighted by atomic mass is 16.6. The standard InChI is InChI=1S/C19H21N3O3/c1-4-13(2)21-18(23)16-7-5-6-8-17(16)20-19(21,3)14-9-11-15(12-10-14)22(24)25/h5-13,20H,4H2,1-3H3. The second-order valence-electron chi connectivity index (χ2n) is 6.48. The van der Waals surface area contributed by atoms with Crippen molar-refractivity contribution in [3.05, 3.63) is 69.8 Å². The summed E-state index contributed by atoms with van der Waals surface area (Å²) in [7, 11) is 0. The minimum Gasteiger partial charge on any atom is -0.358 e. The highest BCUT2D eigenvalue weighted by molar-refractivity contribution is 6.02. The fraction of sp³-hybridized carbons (Fsp3) is 0.316. The number of nitro benzene ring substituents is 1. The first-order chi connectivity index (χ1) is 11.9. The van der Waals surface area contributed by atoms with Crippen LogP contribution >= 0.6 is 0 Å². The molecule has 2 aromatic carbocycles. The number of hydrogen-bond acceptors (Lipinski definition) is 4. The molecule has 1 aliphatic rings. The Morgan fingerprint density at radius 1 is 1.20 bits per heavy atom. The smallest absolute Gasteiger partial charge is 0.269 e. The zero-order valence-corrected chi connectivity index (χ0v) is 14.5. The topological polar surface area (TPSA) is 75.5 Å². The summed E-state index contributed by atoms with van der Waals surface area (Å²) in [5.41, 5.74) is 1.47. The maximum Gasteiger partial charge on any atom is 0.269 e. The number of amides is 1. The molecule has 0 bridgehead atoms. The number of anilines is 1. The minimum absolute atomic E-state index is 0.00791. The van der Waals surface area contributed by atoms with E-state index in [1.54, 1.807) is 12.1 Å². The van der Waals surface area contributed by atoms with Gasteiger partial charge in [0, 0.05) is 23.9 Å². The number of nitrogens with one attached hydrogen (secondary N) is 1. The molecular formula is C19H21N3O3. The van der Waals surface area contributed by atoms with E-state index in [4.69, 9.17) is 0 Å². The van der Waals surface area contributed by atoms with Gasteiger partial charge in [-0.15, -0.1) is 0 Å². The van der Waals surface area contributed by atoms with Gasteiger partial charge in [-0.2, -0.15) is 0 Å². The van der Waals surface area contributed by atoms with E-state index in [1.807, 2.05) is 49.9 Å². The molecule has 2 aromatic rings. The van der Waals surface area contributed by atoms with Gasteiger partial charge in [-0.1, -0.05) is 19.1 Å². The third-order valence-electron chi connectivity index (χ3n) is 4.91. The second-order valence-corrected chi connectivity index (χ2v) is 6.48. The van der Waals surface area contributed by atoms with Gasteiger partial charge in [0.25, 0.3) is 11.6 Å². The van der Waals surface area contributed by atoms with Gasteiger partial charge in [-0.3, -0.25) is 14.9 Å². The Morgan fingerprint density at radius 2 is 1.84 bits per heavy atom. The zero-order valence-electron chi connectivity index (χ0n) is 14.5. The number of hydrogen-bond donors (Lipinski definition) is 1. The van der Waals surface area contributed by atoms with Gasteiger partial charge in [0.1, 0.15) is 5.66 Å². The number of rotatable bonds is 4.